The van der Waals surface area contributed by atoms with Crippen LogP contribution in [0.15, 0.2) is 22.5 Å². The molecule has 16 heavy (non-hydrogen) atoms. The highest BCUT2D eigenvalue weighted by atomic mass is 32.1. The van der Waals surface area contributed by atoms with Gasteiger partial charge in [0.15, 0.2) is 5.78 Å². The van der Waals surface area contributed by atoms with Gasteiger partial charge in [-0.2, -0.15) is 0 Å². The number of aromatic nitrogens is 1. The maximum Gasteiger partial charge on any atom is 0.167 e. The van der Waals surface area contributed by atoms with Gasteiger partial charge in [-0.05, 0) is 32.3 Å². The predicted molar refractivity (Wildman–Crippen MR) is 63.2 cm³/mol. The van der Waals surface area contributed by atoms with Crippen molar-refractivity contribution >= 4 is 17.1 Å². The highest BCUT2D eigenvalue weighted by Gasteiger charge is 2.43. The van der Waals surface area contributed by atoms with Crippen molar-refractivity contribution in [2.45, 2.75) is 32.8 Å². The molecule has 0 amide bonds. The van der Waals surface area contributed by atoms with Crippen LogP contribution in [-0.4, -0.2) is 15.9 Å². The molecule has 0 aliphatic heterocycles. The average Bonchev–Trinajstić information content (AvgIpc) is 2.78. The zero-order valence-electron chi connectivity index (χ0n) is 9.43. The number of nitrogens with zero attached hydrogens (tertiary/aromatic N) is 1. The molecule has 3 nitrogen and oxygen atoms in total. The summed E-state index contributed by atoms with van der Waals surface area (Å²) in [5.41, 5.74) is 2.32. The third-order valence-electron chi connectivity index (χ3n) is 3.33. The lowest BCUT2D eigenvalue weighted by Crippen LogP contribution is -2.37. The van der Waals surface area contributed by atoms with Crippen molar-refractivity contribution in [3.8, 4) is 0 Å². The Morgan fingerprint density at radius 2 is 2.38 bits per heavy atom. The fraction of sp³-hybridized carbons (Fsp3) is 0.500. The molecule has 0 aromatic carbocycles. The zero-order valence-corrected chi connectivity index (χ0v) is 10.3. The molecule has 2 atom stereocenters. The number of ketones is 1. The highest BCUT2D eigenvalue weighted by Crippen LogP contribution is 2.42. The van der Waals surface area contributed by atoms with E-state index in [4.69, 9.17) is 0 Å². The summed E-state index contributed by atoms with van der Waals surface area (Å²) in [6, 6.07) is 0. The van der Waals surface area contributed by atoms with Gasteiger partial charge in [-0.15, -0.1) is 11.3 Å². The van der Waals surface area contributed by atoms with Crippen molar-refractivity contribution in [1.82, 2.24) is 4.98 Å². The Hall–Kier alpha value is -1.00. The Balaban J connectivity index is 2.32. The SMILES string of the molecule is CC1=CCC[C@@](C)([C@@H](O)c2cscn2)C1=O. The average molecular weight is 237 g/mol. The van der Waals surface area contributed by atoms with Crippen molar-refractivity contribution in [1.29, 1.82) is 0 Å². The number of thiazole rings is 1. The first-order valence-electron chi connectivity index (χ1n) is 5.33. The van der Waals surface area contributed by atoms with Gasteiger partial charge < -0.3 is 5.11 Å². The van der Waals surface area contributed by atoms with E-state index in [0.29, 0.717) is 12.1 Å². The summed E-state index contributed by atoms with van der Waals surface area (Å²) < 4.78 is 0. The zero-order chi connectivity index (χ0) is 11.8. The van der Waals surface area contributed by atoms with E-state index in [9.17, 15) is 9.90 Å². The fourth-order valence-corrected chi connectivity index (χ4v) is 2.76. The Labute approximate surface area is 98.8 Å². The molecular weight excluding hydrogens is 222 g/mol. The maximum atomic E-state index is 12.1. The third kappa shape index (κ3) is 1.72. The molecule has 1 aromatic heterocycles. The first kappa shape index (κ1) is 11.5. The van der Waals surface area contributed by atoms with Crippen LogP contribution < -0.4 is 0 Å². The third-order valence-corrected chi connectivity index (χ3v) is 3.93. The normalized spacial score (nSPS) is 27.7. The molecule has 0 unspecified atom stereocenters. The molecular formula is C12H15NO2S. The predicted octanol–water partition coefficient (Wildman–Crippen LogP) is 2.49. The van der Waals surface area contributed by atoms with E-state index in [-0.39, 0.29) is 5.78 Å². The first-order valence-corrected chi connectivity index (χ1v) is 6.27. The topological polar surface area (TPSA) is 50.2 Å². The van der Waals surface area contributed by atoms with E-state index in [1.807, 2.05) is 19.9 Å². The van der Waals surface area contributed by atoms with Crippen molar-refractivity contribution < 1.29 is 9.90 Å². The van der Waals surface area contributed by atoms with Gasteiger partial charge >= 0.3 is 0 Å². The maximum absolute atomic E-state index is 12.1. The molecule has 1 aliphatic rings. The van der Waals surface area contributed by atoms with Crippen molar-refractivity contribution in [3.05, 3.63) is 28.2 Å². The minimum Gasteiger partial charge on any atom is -0.386 e. The number of rotatable bonds is 2. The summed E-state index contributed by atoms with van der Waals surface area (Å²) >= 11 is 1.44. The molecule has 1 heterocycles. The summed E-state index contributed by atoms with van der Waals surface area (Å²) in [6.07, 6.45) is 2.67. The monoisotopic (exact) mass is 237 g/mol. The van der Waals surface area contributed by atoms with Gasteiger partial charge in [-0.3, -0.25) is 4.79 Å². The number of allylic oxidation sites excluding steroid dienone is 2. The van der Waals surface area contributed by atoms with E-state index in [1.54, 1.807) is 10.9 Å². The number of hydrogen-bond donors (Lipinski definition) is 1. The molecule has 4 heteroatoms. The number of Topliss-reactive ketones (excluding diaryl/α,β-unsaturated/α-hetero) is 1. The van der Waals surface area contributed by atoms with Crippen LogP contribution in [0.5, 0.6) is 0 Å². The second-order valence-corrected chi connectivity index (χ2v) is 5.21. The smallest absolute Gasteiger partial charge is 0.167 e. The molecule has 0 spiro atoms. The lowest BCUT2D eigenvalue weighted by atomic mass is 9.70. The van der Waals surface area contributed by atoms with Gasteiger partial charge in [-0.25, -0.2) is 4.98 Å². The largest absolute Gasteiger partial charge is 0.386 e. The number of carbonyl (C=O) groups is 1. The van der Waals surface area contributed by atoms with Gasteiger partial charge in [-0.1, -0.05) is 6.08 Å². The number of aliphatic hydroxyl groups excluding tert-OH is 1. The van der Waals surface area contributed by atoms with Gasteiger partial charge in [0.1, 0.15) is 6.10 Å². The summed E-state index contributed by atoms with van der Waals surface area (Å²) in [7, 11) is 0. The van der Waals surface area contributed by atoms with Gasteiger partial charge in [0, 0.05) is 5.38 Å². The Bertz CT molecular complexity index is 424. The lowest BCUT2D eigenvalue weighted by Gasteiger charge is -2.34. The molecule has 0 fully saturated rings. The highest BCUT2D eigenvalue weighted by molar-refractivity contribution is 7.07. The van der Waals surface area contributed by atoms with Crippen LogP contribution in [0.25, 0.3) is 0 Å². The Morgan fingerprint density at radius 3 is 3.00 bits per heavy atom. The summed E-state index contributed by atoms with van der Waals surface area (Å²) in [4.78, 5) is 16.2. The fourth-order valence-electron chi connectivity index (χ4n) is 2.19. The van der Waals surface area contributed by atoms with Gasteiger partial charge in [0.05, 0.1) is 16.6 Å². The van der Waals surface area contributed by atoms with Crippen LogP contribution in [0.2, 0.25) is 0 Å². The van der Waals surface area contributed by atoms with Crippen LogP contribution in [0.4, 0.5) is 0 Å². The van der Waals surface area contributed by atoms with E-state index < -0.39 is 11.5 Å². The molecule has 86 valence electrons. The van der Waals surface area contributed by atoms with E-state index in [1.165, 1.54) is 11.3 Å². The van der Waals surface area contributed by atoms with E-state index >= 15 is 0 Å². The number of carbonyl (C=O) groups excluding carboxylic acids is 1. The molecule has 0 saturated carbocycles. The van der Waals surface area contributed by atoms with Gasteiger partial charge in [0.25, 0.3) is 0 Å². The van der Waals surface area contributed by atoms with Crippen molar-refractivity contribution in [3.63, 3.8) is 0 Å². The van der Waals surface area contributed by atoms with E-state index in [0.717, 1.165) is 12.0 Å². The quantitative estimate of drug-likeness (QED) is 0.859. The van der Waals surface area contributed by atoms with Crippen LogP contribution in [0.3, 0.4) is 0 Å². The van der Waals surface area contributed by atoms with Crippen LogP contribution >= 0.6 is 11.3 Å². The van der Waals surface area contributed by atoms with Crippen molar-refractivity contribution in [2.24, 2.45) is 5.41 Å². The summed E-state index contributed by atoms with van der Waals surface area (Å²) in [5.74, 6) is 0.0410. The van der Waals surface area contributed by atoms with Crippen LogP contribution in [-0.2, 0) is 4.79 Å². The second-order valence-electron chi connectivity index (χ2n) is 4.49. The minimum absolute atomic E-state index is 0.0410. The Morgan fingerprint density at radius 1 is 1.62 bits per heavy atom. The van der Waals surface area contributed by atoms with Crippen molar-refractivity contribution in [2.75, 3.05) is 0 Å². The molecule has 1 N–H and O–H groups in total. The molecule has 1 aromatic rings. The standard InChI is InChI=1S/C12H15NO2S/c1-8-4-3-5-12(2,10(8)14)11(15)9-6-16-7-13-9/h4,6-7,11,15H,3,5H2,1-2H3/t11-,12+/m0/s1. The second kappa shape index (κ2) is 4.11. The van der Waals surface area contributed by atoms with Crippen LogP contribution in [0.1, 0.15) is 38.5 Å². The lowest BCUT2D eigenvalue weighted by molar-refractivity contribution is -0.132. The summed E-state index contributed by atoms with van der Waals surface area (Å²) in [5, 5.41) is 12.1. The molecule has 0 bridgehead atoms. The van der Waals surface area contributed by atoms with Gasteiger partial charge in [0.2, 0.25) is 0 Å². The molecule has 0 radical (unpaired) electrons. The number of aliphatic hydroxyl groups is 1. The molecule has 0 saturated heterocycles. The number of hydrogen-bond acceptors (Lipinski definition) is 4. The molecule has 2 rings (SSSR count). The molecule has 1 aliphatic carbocycles. The Kier molecular flexibility index (Phi) is 2.95. The van der Waals surface area contributed by atoms with E-state index in [2.05, 4.69) is 4.98 Å². The first-order chi connectivity index (χ1) is 7.55. The van der Waals surface area contributed by atoms with Crippen LogP contribution in [0, 0.1) is 5.41 Å². The summed E-state index contributed by atoms with van der Waals surface area (Å²) in [6.45, 7) is 3.64. The minimum atomic E-state index is -0.796.